The second-order valence-electron chi connectivity index (χ2n) is 4.85. The molecule has 0 aromatic heterocycles. The molecule has 0 radical (unpaired) electrons. The van der Waals surface area contributed by atoms with Crippen LogP contribution in [0.25, 0.3) is 0 Å². The fraction of sp³-hybridized carbons (Fsp3) is 0.188. The van der Waals surface area contributed by atoms with Gasteiger partial charge in [-0.15, -0.1) is 0 Å². The average molecular weight is 332 g/mol. The number of para-hydroxylation sites is 1. The van der Waals surface area contributed by atoms with Crippen LogP contribution in [0.4, 0.5) is 5.69 Å². The molecule has 0 fully saturated rings. The topological polar surface area (TPSA) is 52.3 Å². The van der Waals surface area contributed by atoms with Crippen molar-refractivity contribution in [2.24, 2.45) is 0 Å². The highest BCUT2D eigenvalue weighted by Gasteiger charge is 2.20. The highest BCUT2D eigenvalue weighted by atomic mass is 79.9. The number of aryl methyl sites for hydroxylation is 1. The number of nitrogen functional groups attached to an aromatic ring is 1. The number of rotatable bonds is 2. The third kappa shape index (κ3) is 2.43. The number of fused-ring (bicyclic) bond motifs is 1. The number of benzene rings is 2. The molecule has 0 saturated heterocycles. The minimum absolute atomic E-state index is 0.0586. The van der Waals surface area contributed by atoms with Gasteiger partial charge in [-0.1, -0.05) is 28.1 Å². The van der Waals surface area contributed by atoms with Gasteiger partial charge < -0.3 is 10.5 Å². The standard InChI is InChI=1S/C16H14BrNO2/c17-12-7-11(8-13(18)9-12)15(19)14-5-1-3-10-4-2-6-20-16(10)14/h1,3,5,7-9H,2,4,6,18H2. The molecule has 3 nitrogen and oxygen atoms in total. The van der Waals surface area contributed by atoms with E-state index in [1.807, 2.05) is 18.2 Å². The van der Waals surface area contributed by atoms with Crippen LogP contribution < -0.4 is 10.5 Å². The zero-order valence-corrected chi connectivity index (χ0v) is 12.4. The van der Waals surface area contributed by atoms with Crippen molar-refractivity contribution in [2.75, 3.05) is 12.3 Å². The van der Waals surface area contributed by atoms with Crippen LogP contribution in [-0.2, 0) is 6.42 Å². The summed E-state index contributed by atoms with van der Waals surface area (Å²) in [5, 5.41) is 0. The van der Waals surface area contributed by atoms with Crippen LogP contribution in [0.15, 0.2) is 40.9 Å². The lowest BCUT2D eigenvalue weighted by atomic mass is 9.96. The van der Waals surface area contributed by atoms with E-state index < -0.39 is 0 Å². The van der Waals surface area contributed by atoms with Gasteiger partial charge in [-0.25, -0.2) is 0 Å². The van der Waals surface area contributed by atoms with Crippen LogP contribution in [0, 0.1) is 0 Å². The number of carbonyl (C=O) groups excluding carboxylic acids is 1. The average Bonchev–Trinajstić information content (AvgIpc) is 2.45. The number of nitrogens with two attached hydrogens (primary N) is 1. The molecule has 0 bridgehead atoms. The molecule has 0 unspecified atom stereocenters. The third-order valence-corrected chi connectivity index (χ3v) is 3.82. The van der Waals surface area contributed by atoms with Crippen molar-refractivity contribution in [1.82, 2.24) is 0 Å². The van der Waals surface area contributed by atoms with Gasteiger partial charge in [0.15, 0.2) is 5.78 Å². The first kappa shape index (κ1) is 13.2. The lowest BCUT2D eigenvalue weighted by molar-refractivity contribution is 0.103. The van der Waals surface area contributed by atoms with E-state index in [0.717, 1.165) is 28.6 Å². The summed E-state index contributed by atoms with van der Waals surface area (Å²) in [5.74, 6) is 0.666. The molecule has 0 atom stereocenters. The molecule has 2 N–H and O–H groups in total. The SMILES string of the molecule is Nc1cc(Br)cc(C(=O)c2cccc3c2OCCC3)c1. The first-order valence-electron chi connectivity index (χ1n) is 6.50. The van der Waals surface area contributed by atoms with Gasteiger partial charge >= 0.3 is 0 Å². The Bertz CT molecular complexity index is 662. The lowest BCUT2D eigenvalue weighted by Crippen LogP contribution is -2.13. The molecule has 1 aliphatic rings. The monoisotopic (exact) mass is 331 g/mol. The Kier molecular flexibility index (Phi) is 3.49. The van der Waals surface area contributed by atoms with Crippen LogP contribution in [0.2, 0.25) is 0 Å². The van der Waals surface area contributed by atoms with Crippen LogP contribution in [-0.4, -0.2) is 12.4 Å². The maximum absolute atomic E-state index is 12.7. The Morgan fingerprint density at radius 1 is 1.25 bits per heavy atom. The van der Waals surface area contributed by atoms with Crippen molar-refractivity contribution >= 4 is 27.4 Å². The number of anilines is 1. The lowest BCUT2D eigenvalue weighted by Gasteiger charge is -2.19. The van der Waals surface area contributed by atoms with Gasteiger partial charge in [-0.3, -0.25) is 4.79 Å². The number of ether oxygens (including phenoxy) is 1. The molecule has 2 aromatic carbocycles. The number of hydrogen-bond acceptors (Lipinski definition) is 3. The van der Waals surface area contributed by atoms with Crippen molar-refractivity contribution in [2.45, 2.75) is 12.8 Å². The van der Waals surface area contributed by atoms with Crippen molar-refractivity contribution in [3.63, 3.8) is 0 Å². The van der Waals surface area contributed by atoms with Gasteiger partial charge in [0.2, 0.25) is 0 Å². The maximum Gasteiger partial charge on any atom is 0.196 e. The maximum atomic E-state index is 12.7. The van der Waals surface area contributed by atoms with Crippen LogP contribution in [0.1, 0.15) is 27.9 Å². The minimum Gasteiger partial charge on any atom is -0.493 e. The molecule has 4 heteroatoms. The fourth-order valence-electron chi connectivity index (χ4n) is 2.47. The van der Waals surface area contributed by atoms with E-state index in [4.69, 9.17) is 10.5 Å². The number of halogens is 1. The van der Waals surface area contributed by atoms with E-state index in [9.17, 15) is 4.79 Å². The van der Waals surface area contributed by atoms with Crippen LogP contribution >= 0.6 is 15.9 Å². The third-order valence-electron chi connectivity index (χ3n) is 3.36. The summed E-state index contributed by atoms with van der Waals surface area (Å²) in [6, 6.07) is 11.0. The second-order valence-corrected chi connectivity index (χ2v) is 5.76. The van der Waals surface area contributed by atoms with Gasteiger partial charge in [0, 0.05) is 15.7 Å². The highest BCUT2D eigenvalue weighted by Crippen LogP contribution is 2.31. The smallest absolute Gasteiger partial charge is 0.196 e. The van der Waals surface area contributed by atoms with Crippen LogP contribution in [0.3, 0.4) is 0 Å². The zero-order chi connectivity index (χ0) is 14.1. The van der Waals surface area contributed by atoms with Crippen molar-refractivity contribution in [3.8, 4) is 5.75 Å². The normalized spacial score (nSPS) is 13.4. The molecule has 3 rings (SSSR count). The van der Waals surface area contributed by atoms with E-state index in [0.29, 0.717) is 23.4 Å². The molecule has 0 aliphatic carbocycles. The number of carbonyl (C=O) groups is 1. The summed E-state index contributed by atoms with van der Waals surface area (Å²) >= 11 is 3.37. The number of ketones is 1. The molecular formula is C16H14BrNO2. The van der Waals surface area contributed by atoms with Gasteiger partial charge in [0.25, 0.3) is 0 Å². The summed E-state index contributed by atoms with van der Waals surface area (Å²) in [4.78, 5) is 12.7. The summed E-state index contributed by atoms with van der Waals surface area (Å²) in [7, 11) is 0. The summed E-state index contributed by atoms with van der Waals surface area (Å²) in [5.41, 5.74) is 8.64. The molecule has 0 amide bonds. The summed E-state index contributed by atoms with van der Waals surface area (Å²) in [6.45, 7) is 0.665. The van der Waals surface area contributed by atoms with E-state index >= 15 is 0 Å². The van der Waals surface area contributed by atoms with E-state index in [1.165, 1.54) is 0 Å². The first-order valence-corrected chi connectivity index (χ1v) is 7.30. The first-order chi connectivity index (χ1) is 9.65. The second kappa shape index (κ2) is 5.29. The van der Waals surface area contributed by atoms with E-state index in [2.05, 4.69) is 15.9 Å². The molecule has 0 spiro atoms. The van der Waals surface area contributed by atoms with Gasteiger partial charge in [0.1, 0.15) is 5.75 Å². The van der Waals surface area contributed by atoms with E-state index in [-0.39, 0.29) is 5.78 Å². The van der Waals surface area contributed by atoms with Gasteiger partial charge in [-0.05, 0) is 42.7 Å². The largest absolute Gasteiger partial charge is 0.493 e. The predicted octanol–water partition coefficient (Wildman–Crippen LogP) is 3.59. The summed E-state index contributed by atoms with van der Waals surface area (Å²) < 4.78 is 6.49. The van der Waals surface area contributed by atoms with Crippen molar-refractivity contribution < 1.29 is 9.53 Å². The molecule has 20 heavy (non-hydrogen) atoms. The molecular weight excluding hydrogens is 318 g/mol. The zero-order valence-electron chi connectivity index (χ0n) is 10.9. The van der Waals surface area contributed by atoms with Crippen LogP contribution in [0.5, 0.6) is 5.75 Å². The van der Waals surface area contributed by atoms with Gasteiger partial charge in [-0.2, -0.15) is 0 Å². The number of hydrogen-bond donors (Lipinski definition) is 1. The molecule has 102 valence electrons. The molecule has 0 saturated carbocycles. The van der Waals surface area contributed by atoms with Crippen molar-refractivity contribution in [3.05, 3.63) is 57.6 Å². The Labute approximate surface area is 125 Å². The Morgan fingerprint density at radius 3 is 2.90 bits per heavy atom. The van der Waals surface area contributed by atoms with E-state index in [1.54, 1.807) is 18.2 Å². The molecule has 1 heterocycles. The minimum atomic E-state index is -0.0586. The Hall–Kier alpha value is -1.81. The Morgan fingerprint density at radius 2 is 2.10 bits per heavy atom. The fourth-order valence-corrected chi connectivity index (χ4v) is 2.98. The highest BCUT2D eigenvalue weighted by molar-refractivity contribution is 9.10. The molecule has 2 aromatic rings. The quantitative estimate of drug-likeness (QED) is 0.675. The Balaban J connectivity index is 2.06. The summed E-state index contributed by atoms with van der Waals surface area (Å²) in [6.07, 6.45) is 1.95. The molecule has 1 aliphatic heterocycles. The van der Waals surface area contributed by atoms with Gasteiger partial charge in [0.05, 0.1) is 12.2 Å². The predicted molar refractivity (Wildman–Crippen MR) is 82.2 cm³/mol. The van der Waals surface area contributed by atoms with Crippen molar-refractivity contribution in [1.29, 1.82) is 0 Å².